The van der Waals surface area contributed by atoms with Crippen LogP contribution in [0.3, 0.4) is 0 Å². The molecule has 1 aliphatic rings. The van der Waals surface area contributed by atoms with E-state index in [1.165, 1.54) is 12.1 Å². The van der Waals surface area contributed by atoms with Crippen LogP contribution >= 0.6 is 0 Å². The van der Waals surface area contributed by atoms with Gasteiger partial charge in [0.05, 0.1) is 0 Å². The second-order valence-corrected chi connectivity index (χ2v) is 8.04. The van der Waals surface area contributed by atoms with Crippen LogP contribution in [-0.4, -0.2) is 51.6 Å². The van der Waals surface area contributed by atoms with E-state index in [0.29, 0.717) is 18.2 Å². The van der Waals surface area contributed by atoms with E-state index in [2.05, 4.69) is 35.9 Å². The van der Waals surface area contributed by atoms with Crippen molar-refractivity contribution < 1.29 is 9.18 Å². The van der Waals surface area contributed by atoms with Gasteiger partial charge in [0, 0.05) is 37.9 Å². The second kappa shape index (κ2) is 9.32. The largest absolute Gasteiger partial charge is 0.336 e. The van der Waals surface area contributed by atoms with Crippen molar-refractivity contribution >= 4 is 5.91 Å². The number of rotatable bonds is 6. The summed E-state index contributed by atoms with van der Waals surface area (Å²) >= 11 is 0. The monoisotopic (exact) mass is 386 g/mol. The molecule has 6 heteroatoms. The first kappa shape index (κ1) is 20.5. The van der Waals surface area contributed by atoms with Crippen LogP contribution in [0.1, 0.15) is 55.4 Å². The van der Waals surface area contributed by atoms with Crippen LogP contribution in [0, 0.1) is 11.7 Å². The lowest BCUT2D eigenvalue weighted by atomic mass is 10.0. The number of halogens is 1. The summed E-state index contributed by atoms with van der Waals surface area (Å²) in [5, 5.41) is 7.22. The molecule has 1 aromatic heterocycles. The van der Waals surface area contributed by atoms with Gasteiger partial charge in [-0.25, -0.2) is 4.39 Å². The van der Waals surface area contributed by atoms with E-state index in [9.17, 15) is 9.18 Å². The van der Waals surface area contributed by atoms with Gasteiger partial charge in [-0.15, -0.1) is 0 Å². The summed E-state index contributed by atoms with van der Waals surface area (Å²) in [6.07, 6.45) is 2.84. The standard InChI is InChI=1S/C22H31FN4O/c1-4-6-19-13-20(25-24-19)22(28)27-12-5-11-26(21(15-27)16(2)3)14-17-7-9-18(23)10-8-17/h7-10,13,16,21H,4-6,11-12,14-15H2,1-3H3,(H,24,25)/t21-/m1/s1. The van der Waals surface area contributed by atoms with Gasteiger partial charge in [0.25, 0.3) is 5.91 Å². The molecule has 3 rings (SSSR count). The highest BCUT2D eigenvalue weighted by Crippen LogP contribution is 2.21. The number of nitrogens with zero attached hydrogens (tertiary/aromatic N) is 3. The summed E-state index contributed by atoms with van der Waals surface area (Å²) < 4.78 is 13.2. The van der Waals surface area contributed by atoms with Gasteiger partial charge in [0.15, 0.2) is 0 Å². The predicted molar refractivity (Wildman–Crippen MR) is 109 cm³/mol. The maximum Gasteiger partial charge on any atom is 0.274 e. The van der Waals surface area contributed by atoms with E-state index in [-0.39, 0.29) is 17.8 Å². The Morgan fingerprint density at radius 2 is 2.04 bits per heavy atom. The van der Waals surface area contributed by atoms with Gasteiger partial charge in [-0.05, 0) is 42.5 Å². The highest BCUT2D eigenvalue weighted by Gasteiger charge is 2.30. The number of carbonyl (C=O) groups is 1. The number of carbonyl (C=O) groups excluding carboxylic acids is 1. The lowest BCUT2D eigenvalue weighted by molar-refractivity contribution is 0.0696. The number of amides is 1. The first-order valence-corrected chi connectivity index (χ1v) is 10.3. The SMILES string of the molecule is CCCc1cc(C(=O)N2CCCN(Cc3ccc(F)cc3)[C@@H](C(C)C)C2)n[nH]1. The van der Waals surface area contributed by atoms with Gasteiger partial charge in [-0.3, -0.25) is 14.8 Å². The fourth-order valence-electron chi connectivity index (χ4n) is 3.93. The first-order chi connectivity index (χ1) is 13.5. The molecule has 28 heavy (non-hydrogen) atoms. The van der Waals surface area contributed by atoms with Crippen molar-refractivity contribution in [3.63, 3.8) is 0 Å². The zero-order valence-electron chi connectivity index (χ0n) is 17.1. The zero-order chi connectivity index (χ0) is 20.1. The van der Waals surface area contributed by atoms with Crippen molar-refractivity contribution in [2.24, 2.45) is 5.92 Å². The van der Waals surface area contributed by atoms with E-state index < -0.39 is 0 Å². The quantitative estimate of drug-likeness (QED) is 0.820. The summed E-state index contributed by atoms with van der Waals surface area (Å²) in [5.74, 6) is 0.204. The molecule has 0 bridgehead atoms. The molecule has 0 spiro atoms. The molecular weight excluding hydrogens is 355 g/mol. The molecule has 152 valence electrons. The van der Waals surface area contributed by atoms with E-state index in [4.69, 9.17) is 0 Å². The first-order valence-electron chi connectivity index (χ1n) is 10.3. The summed E-state index contributed by atoms with van der Waals surface area (Å²) in [4.78, 5) is 17.4. The van der Waals surface area contributed by atoms with Crippen molar-refractivity contribution in [3.8, 4) is 0 Å². The lowest BCUT2D eigenvalue weighted by Gasteiger charge is -2.34. The molecule has 1 saturated heterocycles. The average Bonchev–Trinajstić information content (AvgIpc) is 3.03. The molecule has 1 N–H and O–H groups in total. The van der Waals surface area contributed by atoms with Crippen LogP contribution < -0.4 is 0 Å². The third-order valence-electron chi connectivity index (χ3n) is 5.47. The number of aromatic nitrogens is 2. The molecule has 5 nitrogen and oxygen atoms in total. The lowest BCUT2D eigenvalue weighted by Crippen LogP contribution is -2.45. The Morgan fingerprint density at radius 3 is 2.71 bits per heavy atom. The summed E-state index contributed by atoms with van der Waals surface area (Å²) in [6.45, 7) is 9.62. The molecule has 0 radical (unpaired) electrons. The van der Waals surface area contributed by atoms with Gasteiger partial charge in [0.2, 0.25) is 0 Å². The van der Waals surface area contributed by atoms with Crippen LogP contribution in [0.2, 0.25) is 0 Å². The molecule has 1 atom stereocenters. The van der Waals surface area contributed by atoms with Gasteiger partial charge >= 0.3 is 0 Å². The van der Waals surface area contributed by atoms with Crippen LogP contribution in [0.15, 0.2) is 30.3 Å². The van der Waals surface area contributed by atoms with Crippen molar-refractivity contribution in [2.45, 2.75) is 52.6 Å². The number of hydrogen-bond acceptors (Lipinski definition) is 3. The molecule has 2 aromatic rings. The number of benzene rings is 1. The summed E-state index contributed by atoms with van der Waals surface area (Å²) in [5.41, 5.74) is 2.63. The number of aryl methyl sites for hydroxylation is 1. The van der Waals surface area contributed by atoms with Crippen LogP contribution in [0.5, 0.6) is 0 Å². The van der Waals surface area contributed by atoms with Crippen LogP contribution in [0.4, 0.5) is 4.39 Å². The average molecular weight is 387 g/mol. The highest BCUT2D eigenvalue weighted by atomic mass is 19.1. The van der Waals surface area contributed by atoms with E-state index in [1.54, 1.807) is 0 Å². The minimum absolute atomic E-state index is 0.00730. The molecule has 1 aromatic carbocycles. The fourth-order valence-corrected chi connectivity index (χ4v) is 3.93. The Morgan fingerprint density at radius 1 is 1.29 bits per heavy atom. The van der Waals surface area contributed by atoms with Gasteiger partial charge in [-0.2, -0.15) is 5.10 Å². The molecule has 1 fully saturated rings. The Kier molecular flexibility index (Phi) is 6.83. The third kappa shape index (κ3) is 4.98. The molecular formula is C22H31FN4O. The molecule has 0 aliphatic carbocycles. The second-order valence-electron chi connectivity index (χ2n) is 8.04. The molecule has 0 unspecified atom stereocenters. The van der Waals surface area contributed by atoms with Crippen LogP contribution in [-0.2, 0) is 13.0 Å². The van der Waals surface area contributed by atoms with E-state index in [0.717, 1.165) is 50.2 Å². The minimum atomic E-state index is -0.210. The smallest absolute Gasteiger partial charge is 0.274 e. The topological polar surface area (TPSA) is 52.2 Å². The number of H-pyrrole nitrogens is 1. The Balaban J connectivity index is 1.72. The van der Waals surface area contributed by atoms with Gasteiger partial charge in [0.1, 0.15) is 11.5 Å². The van der Waals surface area contributed by atoms with E-state index in [1.807, 2.05) is 23.1 Å². The van der Waals surface area contributed by atoms with Gasteiger partial charge in [-0.1, -0.05) is 39.3 Å². The normalized spacial score (nSPS) is 18.5. The number of aromatic amines is 1. The van der Waals surface area contributed by atoms with E-state index >= 15 is 0 Å². The molecule has 2 heterocycles. The summed E-state index contributed by atoms with van der Waals surface area (Å²) in [6, 6.07) is 8.86. The fraction of sp³-hybridized carbons (Fsp3) is 0.545. The van der Waals surface area contributed by atoms with Crippen LogP contribution in [0.25, 0.3) is 0 Å². The molecule has 1 aliphatic heterocycles. The highest BCUT2D eigenvalue weighted by molar-refractivity contribution is 5.92. The summed E-state index contributed by atoms with van der Waals surface area (Å²) in [7, 11) is 0. The Bertz CT molecular complexity index is 771. The van der Waals surface area contributed by atoms with Crippen molar-refractivity contribution in [1.82, 2.24) is 20.0 Å². The van der Waals surface area contributed by atoms with Crippen molar-refractivity contribution in [2.75, 3.05) is 19.6 Å². The number of nitrogens with one attached hydrogen (secondary N) is 1. The third-order valence-corrected chi connectivity index (χ3v) is 5.47. The number of hydrogen-bond donors (Lipinski definition) is 1. The zero-order valence-corrected chi connectivity index (χ0v) is 17.1. The van der Waals surface area contributed by atoms with Crippen molar-refractivity contribution in [3.05, 3.63) is 53.1 Å². The maximum atomic E-state index is 13.2. The molecule has 1 amide bonds. The Labute approximate surface area is 166 Å². The minimum Gasteiger partial charge on any atom is -0.336 e. The van der Waals surface area contributed by atoms with Gasteiger partial charge < -0.3 is 4.90 Å². The predicted octanol–water partition coefficient (Wildman–Crippen LogP) is 3.87. The van der Waals surface area contributed by atoms with Crippen molar-refractivity contribution in [1.29, 1.82) is 0 Å². The maximum absolute atomic E-state index is 13.2. The molecule has 0 saturated carbocycles. The Hall–Kier alpha value is -2.21.